The molecule has 1 heterocycles. The molecule has 0 fully saturated rings. The van der Waals surface area contributed by atoms with Crippen molar-refractivity contribution in [3.63, 3.8) is 0 Å². The molecule has 2 rings (SSSR count). The molecule has 0 atom stereocenters. The van der Waals surface area contributed by atoms with E-state index < -0.39 is 8.07 Å². The van der Waals surface area contributed by atoms with Crippen LogP contribution in [0.2, 0.25) is 13.1 Å². The van der Waals surface area contributed by atoms with Crippen molar-refractivity contribution in [1.82, 2.24) is 0 Å². The Bertz CT molecular complexity index is 353. The molecule has 1 aromatic rings. The fourth-order valence-electron chi connectivity index (χ4n) is 1.61. The lowest BCUT2D eigenvalue weighted by Gasteiger charge is -2.16. The van der Waals surface area contributed by atoms with Gasteiger partial charge in [-0.05, 0) is 18.2 Å². The summed E-state index contributed by atoms with van der Waals surface area (Å²) in [5.41, 5.74) is 1.20. The van der Waals surface area contributed by atoms with Crippen LogP contribution in [0, 0.1) is 0 Å². The largest absolute Gasteiger partial charge is 0.262 e. The molecule has 0 aromatic heterocycles. The highest BCUT2D eigenvalue weighted by Crippen LogP contribution is 2.23. The van der Waals surface area contributed by atoms with E-state index >= 15 is 0 Å². The highest BCUT2D eigenvalue weighted by molar-refractivity contribution is 7.15. The highest BCUT2D eigenvalue weighted by atomic mass is 28.3. The highest BCUT2D eigenvalue weighted by Gasteiger charge is 2.33. The molecule has 1 aliphatic heterocycles. The van der Waals surface area contributed by atoms with Gasteiger partial charge in [-0.15, -0.1) is 0 Å². The summed E-state index contributed by atoms with van der Waals surface area (Å²) in [4.78, 5) is 4.58. The van der Waals surface area contributed by atoms with Gasteiger partial charge in [-0.1, -0.05) is 45.1 Å². The maximum absolute atomic E-state index is 4.58. The van der Waals surface area contributed by atoms with E-state index in [1.807, 2.05) is 13.8 Å². The van der Waals surface area contributed by atoms with Gasteiger partial charge >= 0.3 is 0 Å². The predicted molar refractivity (Wildman–Crippen MR) is 67.7 cm³/mol. The molecule has 0 aliphatic carbocycles. The van der Waals surface area contributed by atoms with Gasteiger partial charge in [0.05, 0.1) is 5.69 Å². The Hall–Kier alpha value is -0.893. The van der Waals surface area contributed by atoms with E-state index in [4.69, 9.17) is 0 Å². The van der Waals surface area contributed by atoms with Crippen molar-refractivity contribution in [2.75, 3.05) is 0 Å². The van der Waals surface area contributed by atoms with Crippen LogP contribution in [0.5, 0.6) is 0 Å². The minimum atomic E-state index is -1.31. The van der Waals surface area contributed by atoms with Gasteiger partial charge in [0.25, 0.3) is 0 Å². The third-order valence-electron chi connectivity index (χ3n) is 2.77. The van der Waals surface area contributed by atoms with Crippen molar-refractivity contribution < 1.29 is 0 Å². The van der Waals surface area contributed by atoms with E-state index in [2.05, 4.69) is 49.3 Å². The fourth-order valence-corrected chi connectivity index (χ4v) is 3.70. The lowest BCUT2D eigenvalue weighted by Crippen LogP contribution is -2.45. The van der Waals surface area contributed by atoms with Crippen molar-refractivity contribution in [2.24, 2.45) is 4.99 Å². The summed E-state index contributed by atoms with van der Waals surface area (Å²) in [6, 6.07) is 8.51. The quantitative estimate of drug-likeness (QED) is 0.576. The van der Waals surface area contributed by atoms with E-state index in [0.717, 1.165) is 0 Å². The first-order valence-electron chi connectivity index (χ1n) is 5.27. The lowest BCUT2D eigenvalue weighted by atomic mass is 10.3. The van der Waals surface area contributed by atoms with Crippen LogP contribution in [-0.2, 0) is 0 Å². The second kappa shape index (κ2) is 4.09. The molecule has 1 nitrogen and oxygen atoms in total. The van der Waals surface area contributed by atoms with Crippen molar-refractivity contribution >= 4 is 24.3 Å². The zero-order chi connectivity index (χ0) is 10.8. The van der Waals surface area contributed by atoms with Crippen LogP contribution in [-0.4, -0.2) is 13.4 Å². The number of rotatable bonds is 0. The molecular weight excluding hydrogens is 186 g/mol. The number of benzene rings is 1. The minimum absolute atomic E-state index is 1.20. The molecular formula is C12H19NSi. The van der Waals surface area contributed by atoms with Crippen LogP contribution in [0.15, 0.2) is 29.3 Å². The molecule has 0 bridgehead atoms. The van der Waals surface area contributed by atoms with E-state index in [1.165, 1.54) is 16.2 Å². The Morgan fingerprint density at radius 2 is 1.64 bits per heavy atom. The van der Waals surface area contributed by atoms with Crippen molar-refractivity contribution in [1.29, 1.82) is 0 Å². The van der Waals surface area contributed by atoms with Crippen LogP contribution >= 0.6 is 0 Å². The van der Waals surface area contributed by atoms with Gasteiger partial charge in [-0.3, -0.25) is 4.99 Å². The summed E-state index contributed by atoms with van der Waals surface area (Å²) < 4.78 is 0. The predicted octanol–water partition coefficient (Wildman–Crippen LogP) is 3.27. The van der Waals surface area contributed by atoms with Gasteiger partial charge in [-0.25, -0.2) is 0 Å². The third kappa shape index (κ3) is 1.66. The number of hydrogen-bond acceptors (Lipinski definition) is 1. The number of nitrogens with zero attached hydrogens (tertiary/aromatic N) is 1. The monoisotopic (exact) mass is 205 g/mol. The summed E-state index contributed by atoms with van der Waals surface area (Å²) in [6.45, 7) is 10.9. The smallest absolute Gasteiger partial charge is 0.132 e. The molecule has 1 aliphatic rings. The molecule has 0 N–H and O–H groups in total. The summed E-state index contributed by atoms with van der Waals surface area (Å²) in [7, 11) is -1.31. The van der Waals surface area contributed by atoms with E-state index in [0.29, 0.717) is 0 Å². The Labute approximate surface area is 87.9 Å². The average Bonchev–Trinajstić information content (AvgIpc) is 2.42. The molecule has 14 heavy (non-hydrogen) atoms. The van der Waals surface area contributed by atoms with Crippen LogP contribution in [0.1, 0.15) is 20.8 Å². The summed E-state index contributed by atoms with van der Waals surface area (Å²) >= 11 is 0. The first-order valence-corrected chi connectivity index (χ1v) is 8.27. The topological polar surface area (TPSA) is 12.4 Å². The molecule has 1 aromatic carbocycles. The summed E-state index contributed by atoms with van der Waals surface area (Å²) in [6.07, 6.45) is 0. The van der Waals surface area contributed by atoms with Gasteiger partial charge in [0, 0.05) is 5.33 Å². The van der Waals surface area contributed by atoms with E-state index in [1.54, 1.807) is 0 Å². The van der Waals surface area contributed by atoms with Gasteiger partial charge in [-0.2, -0.15) is 0 Å². The molecule has 0 unspecified atom stereocenters. The number of fused-ring (bicyclic) bond motifs is 1. The molecule has 0 amide bonds. The van der Waals surface area contributed by atoms with Crippen LogP contribution in [0.3, 0.4) is 0 Å². The molecule has 0 spiro atoms. The van der Waals surface area contributed by atoms with Crippen LogP contribution in [0.4, 0.5) is 5.69 Å². The first kappa shape index (κ1) is 11.2. The second-order valence-corrected chi connectivity index (χ2v) is 8.35. The molecule has 2 heteroatoms. The summed E-state index contributed by atoms with van der Waals surface area (Å²) in [5.74, 6) is 0. The third-order valence-corrected chi connectivity index (χ3v) is 6.46. The van der Waals surface area contributed by atoms with Gasteiger partial charge in [0.15, 0.2) is 0 Å². The maximum atomic E-state index is 4.58. The maximum Gasteiger partial charge on any atom is 0.132 e. The average molecular weight is 205 g/mol. The zero-order valence-corrected chi connectivity index (χ0v) is 10.8. The van der Waals surface area contributed by atoms with Gasteiger partial charge in [0.2, 0.25) is 0 Å². The lowest BCUT2D eigenvalue weighted by molar-refractivity contribution is 1.50. The molecule has 0 saturated carbocycles. The van der Waals surface area contributed by atoms with E-state index in [-0.39, 0.29) is 0 Å². The molecule has 0 radical (unpaired) electrons. The Balaban J connectivity index is 0.000000461. The summed E-state index contributed by atoms with van der Waals surface area (Å²) in [5, 5.41) is 2.84. The fraction of sp³-hybridized carbons (Fsp3) is 0.417. The zero-order valence-electron chi connectivity index (χ0n) is 9.76. The Morgan fingerprint density at radius 1 is 1.07 bits per heavy atom. The number of hydrogen-bond donors (Lipinski definition) is 0. The normalized spacial score (nSPS) is 16.5. The van der Waals surface area contributed by atoms with Crippen LogP contribution in [0.25, 0.3) is 0 Å². The van der Waals surface area contributed by atoms with E-state index in [9.17, 15) is 0 Å². The first-order chi connectivity index (χ1) is 6.62. The van der Waals surface area contributed by atoms with Crippen molar-refractivity contribution in [2.45, 2.75) is 33.9 Å². The Kier molecular flexibility index (Phi) is 3.27. The number of aliphatic imine (C=N–C) groups is 1. The second-order valence-electron chi connectivity index (χ2n) is 3.84. The van der Waals surface area contributed by atoms with Crippen molar-refractivity contribution in [3.05, 3.63) is 24.3 Å². The minimum Gasteiger partial charge on any atom is -0.262 e. The van der Waals surface area contributed by atoms with Crippen molar-refractivity contribution in [3.8, 4) is 0 Å². The Morgan fingerprint density at radius 3 is 2.21 bits per heavy atom. The SMILES string of the molecule is CC.CC1=Nc2ccccc2[Si]1(C)C. The molecule has 0 saturated heterocycles. The van der Waals surface area contributed by atoms with Gasteiger partial charge < -0.3 is 0 Å². The molecule has 76 valence electrons. The van der Waals surface area contributed by atoms with Gasteiger partial charge in [0.1, 0.15) is 8.07 Å². The number of para-hydroxylation sites is 1. The van der Waals surface area contributed by atoms with Crippen LogP contribution < -0.4 is 5.19 Å². The standard InChI is InChI=1S/C10H13NSi.C2H6/c1-8-11-9-6-4-5-7-10(9)12(8,2)3;1-2/h4-7H,1-3H3;1-2H3.